The molecule has 1 fully saturated rings. The lowest BCUT2D eigenvalue weighted by molar-refractivity contribution is 0.398. The average Bonchev–Trinajstić information content (AvgIpc) is 2.80. The molecule has 0 aromatic heterocycles. The largest absolute Gasteiger partial charge is 0.310 e. The highest BCUT2D eigenvalue weighted by atomic mass is 19.1. The van der Waals surface area contributed by atoms with Crippen LogP contribution in [0.4, 0.5) is 4.39 Å². The van der Waals surface area contributed by atoms with Crippen LogP contribution in [-0.4, -0.2) is 6.54 Å². The first-order valence-corrected chi connectivity index (χ1v) is 7.61. The Bertz CT molecular complexity index is 398. The summed E-state index contributed by atoms with van der Waals surface area (Å²) in [5, 5.41) is 3.60. The molecular formula is C17H26FN. The predicted molar refractivity (Wildman–Crippen MR) is 78.9 cm³/mol. The molecule has 1 aliphatic rings. The normalized spacial score (nSPS) is 17.9. The van der Waals surface area contributed by atoms with E-state index in [0.29, 0.717) is 6.04 Å². The summed E-state index contributed by atoms with van der Waals surface area (Å²) in [7, 11) is 0. The van der Waals surface area contributed by atoms with Crippen molar-refractivity contribution in [2.75, 3.05) is 6.54 Å². The van der Waals surface area contributed by atoms with Crippen molar-refractivity contribution in [1.29, 1.82) is 0 Å². The zero-order valence-electron chi connectivity index (χ0n) is 12.4. The molecule has 1 aliphatic carbocycles. The standard InChI is InChI=1S/C17H26FN/c1-4-19-16(11-14-7-5-6-8-14)17-12(2)9-15(18)10-13(17)3/h9-10,14,16,19H,4-8,11H2,1-3H3. The second-order valence-electron chi connectivity index (χ2n) is 5.95. The van der Waals surface area contributed by atoms with E-state index in [4.69, 9.17) is 0 Å². The van der Waals surface area contributed by atoms with Gasteiger partial charge in [0.1, 0.15) is 5.82 Å². The Balaban J connectivity index is 2.22. The van der Waals surface area contributed by atoms with Gasteiger partial charge in [0.05, 0.1) is 0 Å². The third-order valence-corrected chi connectivity index (χ3v) is 4.40. The molecule has 1 saturated carbocycles. The molecule has 1 aromatic rings. The molecular weight excluding hydrogens is 237 g/mol. The first kappa shape index (κ1) is 14.5. The van der Waals surface area contributed by atoms with Gasteiger partial charge < -0.3 is 5.32 Å². The van der Waals surface area contributed by atoms with E-state index >= 15 is 0 Å². The number of rotatable bonds is 5. The molecule has 0 radical (unpaired) electrons. The molecule has 1 nitrogen and oxygen atoms in total. The predicted octanol–water partition coefficient (Wildman–Crippen LogP) is 4.67. The highest BCUT2D eigenvalue weighted by Crippen LogP contribution is 2.35. The van der Waals surface area contributed by atoms with Gasteiger partial charge >= 0.3 is 0 Å². The van der Waals surface area contributed by atoms with Crippen LogP contribution in [0.1, 0.15) is 61.8 Å². The number of aryl methyl sites for hydroxylation is 2. The zero-order chi connectivity index (χ0) is 13.8. The van der Waals surface area contributed by atoms with Crippen LogP contribution in [0, 0.1) is 25.6 Å². The van der Waals surface area contributed by atoms with E-state index in [1.54, 1.807) is 12.1 Å². The molecule has 1 N–H and O–H groups in total. The molecule has 2 heteroatoms. The van der Waals surface area contributed by atoms with E-state index in [9.17, 15) is 4.39 Å². The van der Waals surface area contributed by atoms with Crippen LogP contribution in [0.2, 0.25) is 0 Å². The molecule has 0 aliphatic heterocycles. The molecule has 1 aromatic carbocycles. The van der Waals surface area contributed by atoms with Gasteiger partial charge in [-0.05, 0) is 61.6 Å². The summed E-state index contributed by atoms with van der Waals surface area (Å²) >= 11 is 0. The number of nitrogens with one attached hydrogen (secondary N) is 1. The van der Waals surface area contributed by atoms with Gasteiger partial charge in [-0.15, -0.1) is 0 Å². The highest BCUT2D eigenvalue weighted by Gasteiger charge is 2.23. The van der Waals surface area contributed by atoms with Crippen molar-refractivity contribution in [2.45, 2.75) is 58.9 Å². The second-order valence-corrected chi connectivity index (χ2v) is 5.95. The lowest BCUT2D eigenvalue weighted by Crippen LogP contribution is -2.24. The summed E-state index contributed by atoms with van der Waals surface area (Å²) in [5.41, 5.74) is 3.48. The molecule has 19 heavy (non-hydrogen) atoms. The van der Waals surface area contributed by atoms with Crippen LogP contribution in [0.25, 0.3) is 0 Å². The fourth-order valence-electron chi connectivity index (χ4n) is 3.60. The summed E-state index contributed by atoms with van der Waals surface area (Å²) in [5.74, 6) is 0.725. The Kier molecular flexibility index (Phi) is 4.98. The van der Waals surface area contributed by atoms with Gasteiger partial charge in [-0.3, -0.25) is 0 Å². The Morgan fingerprint density at radius 2 is 1.79 bits per heavy atom. The summed E-state index contributed by atoms with van der Waals surface area (Å²) in [4.78, 5) is 0. The molecule has 0 amide bonds. The summed E-state index contributed by atoms with van der Waals surface area (Å²) in [6.07, 6.45) is 6.68. The summed E-state index contributed by atoms with van der Waals surface area (Å²) in [6.45, 7) is 7.18. The fourth-order valence-corrected chi connectivity index (χ4v) is 3.60. The van der Waals surface area contributed by atoms with Gasteiger partial charge in [0.25, 0.3) is 0 Å². The molecule has 1 atom stereocenters. The maximum absolute atomic E-state index is 13.4. The van der Waals surface area contributed by atoms with Crippen LogP contribution < -0.4 is 5.32 Å². The van der Waals surface area contributed by atoms with E-state index in [2.05, 4.69) is 12.2 Å². The van der Waals surface area contributed by atoms with Crippen molar-refractivity contribution in [3.05, 3.63) is 34.6 Å². The van der Waals surface area contributed by atoms with Crippen molar-refractivity contribution >= 4 is 0 Å². The lowest BCUT2D eigenvalue weighted by Gasteiger charge is -2.25. The Morgan fingerprint density at radius 1 is 1.21 bits per heavy atom. The maximum atomic E-state index is 13.4. The van der Waals surface area contributed by atoms with Crippen molar-refractivity contribution in [2.24, 2.45) is 5.92 Å². The van der Waals surface area contributed by atoms with Crippen LogP contribution in [0.5, 0.6) is 0 Å². The number of hydrogen-bond acceptors (Lipinski definition) is 1. The van der Waals surface area contributed by atoms with E-state index < -0.39 is 0 Å². The highest BCUT2D eigenvalue weighted by molar-refractivity contribution is 5.37. The fraction of sp³-hybridized carbons (Fsp3) is 0.647. The van der Waals surface area contributed by atoms with Gasteiger partial charge in [-0.2, -0.15) is 0 Å². The molecule has 106 valence electrons. The van der Waals surface area contributed by atoms with E-state index in [0.717, 1.165) is 23.6 Å². The molecule has 1 unspecified atom stereocenters. The average molecular weight is 263 g/mol. The first-order chi connectivity index (χ1) is 9.11. The van der Waals surface area contributed by atoms with E-state index in [1.165, 1.54) is 37.7 Å². The number of halogens is 1. The lowest BCUT2D eigenvalue weighted by atomic mass is 9.88. The maximum Gasteiger partial charge on any atom is 0.123 e. The second kappa shape index (κ2) is 6.51. The molecule has 0 saturated heterocycles. The minimum Gasteiger partial charge on any atom is -0.310 e. The first-order valence-electron chi connectivity index (χ1n) is 7.61. The summed E-state index contributed by atoms with van der Waals surface area (Å²) < 4.78 is 13.4. The zero-order valence-corrected chi connectivity index (χ0v) is 12.4. The number of hydrogen-bond donors (Lipinski definition) is 1. The third kappa shape index (κ3) is 3.56. The van der Waals surface area contributed by atoms with Crippen molar-refractivity contribution in [3.8, 4) is 0 Å². The molecule has 0 bridgehead atoms. The van der Waals surface area contributed by atoms with Crippen LogP contribution in [0.15, 0.2) is 12.1 Å². The topological polar surface area (TPSA) is 12.0 Å². The molecule has 0 heterocycles. The van der Waals surface area contributed by atoms with Gasteiger partial charge in [0, 0.05) is 6.04 Å². The van der Waals surface area contributed by atoms with Gasteiger partial charge in [0.15, 0.2) is 0 Å². The third-order valence-electron chi connectivity index (χ3n) is 4.40. The van der Waals surface area contributed by atoms with Gasteiger partial charge in [0.2, 0.25) is 0 Å². The van der Waals surface area contributed by atoms with Crippen LogP contribution in [0.3, 0.4) is 0 Å². The minimum absolute atomic E-state index is 0.116. The Labute approximate surface area is 116 Å². The van der Waals surface area contributed by atoms with E-state index in [-0.39, 0.29) is 5.82 Å². The molecule has 0 spiro atoms. The van der Waals surface area contributed by atoms with Crippen molar-refractivity contribution < 1.29 is 4.39 Å². The monoisotopic (exact) mass is 263 g/mol. The van der Waals surface area contributed by atoms with E-state index in [1.807, 2.05) is 13.8 Å². The van der Waals surface area contributed by atoms with Crippen molar-refractivity contribution in [3.63, 3.8) is 0 Å². The van der Waals surface area contributed by atoms with Crippen molar-refractivity contribution in [1.82, 2.24) is 5.32 Å². The Hall–Kier alpha value is -0.890. The van der Waals surface area contributed by atoms with Gasteiger partial charge in [-0.25, -0.2) is 4.39 Å². The summed E-state index contributed by atoms with van der Waals surface area (Å²) in [6, 6.07) is 3.72. The quantitative estimate of drug-likeness (QED) is 0.813. The number of benzene rings is 1. The van der Waals surface area contributed by atoms with Crippen LogP contribution >= 0.6 is 0 Å². The molecule has 2 rings (SSSR count). The Morgan fingerprint density at radius 3 is 2.32 bits per heavy atom. The smallest absolute Gasteiger partial charge is 0.123 e. The SMILES string of the molecule is CCNC(CC1CCCC1)c1c(C)cc(F)cc1C. The van der Waals surface area contributed by atoms with Gasteiger partial charge in [-0.1, -0.05) is 32.6 Å². The minimum atomic E-state index is -0.116. The van der Waals surface area contributed by atoms with Crippen LogP contribution in [-0.2, 0) is 0 Å².